The van der Waals surface area contributed by atoms with E-state index in [1.807, 2.05) is 23.5 Å². The van der Waals surface area contributed by atoms with E-state index in [4.69, 9.17) is 4.42 Å². The van der Waals surface area contributed by atoms with Crippen molar-refractivity contribution in [3.05, 3.63) is 127 Å². The van der Waals surface area contributed by atoms with Gasteiger partial charge in [-0.25, -0.2) is 0 Å². The minimum absolute atomic E-state index is 0.914. The van der Waals surface area contributed by atoms with Crippen LogP contribution in [0.25, 0.3) is 52.9 Å². The maximum atomic E-state index is 6.39. The average molecular weight is 492 g/mol. The molecule has 3 heteroatoms. The topological polar surface area (TPSA) is 16.4 Å². The van der Waals surface area contributed by atoms with E-state index in [1.165, 1.54) is 20.2 Å². The molecule has 8 aromatic rings. The molecule has 0 fully saturated rings. The van der Waals surface area contributed by atoms with Gasteiger partial charge in [-0.3, -0.25) is 0 Å². The van der Waals surface area contributed by atoms with Crippen molar-refractivity contribution in [2.75, 3.05) is 4.90 Å². The summed E-state index contributed by atoms with van der Waals surface area (Å²) in [4.78, 5) is 2.38. The summed E-state index contributed by atoms with van der Waals surface area (Å²) in [5, 5.41) is 7.14. The second-order valence-electron chi connectivity index (χ2n) is 9.37. The highest BCUT2D eigenvalue weighted by Crippen LogP contribution is 2.45. The van der Waals surface area contributed by atoms with Crippen LogP contribution < -0.4 is 4.90 Å². The zero-order valence-electron chi connectivity index (χ0n) is 19.9. The second-order valence-corrected chi connectivity index (χ2v) is 10.4. The molecule has 0 aliphatic heterocycles. The lowest BCUT2D eigenvalue weighted by molar-refractivity contribution is 0.672. The van der Waals surface area contributed by atoms with Crippen LogP contribution in [0.3, 0.4) is 0 Å². The Morgan fingerprint density at radius 2 is 1.14 bits per heavy atom. The maximum Gasteiger partial charge on any atom is 0.143 e. The number of benzene rings is 6. The third-order valence-electron chi connectivity index (χ3n) is 7.24. The van der Waals surface area contributed by atoms with Gasteiger partial charge in [0, 0.05) is 53.1 Å². The molecule has 0 N–H and O–H groups in total. The fraction of sp³-hybridized carbons (Fsp3) is 0. The van der Waals surface area contributed by atoms with E-state index >= 15 is 0 Å². The molecule has 37 heavy (non-hydrogen) atoms. The molecule has 0 amide bonds. The summed E-state index contributed by atoms with van der Waals surface area (Å²) < 4.78 is 9.01. The minimum Gasteiger partial charge on any atom is -0.455 e. The fourth-order valence-electron chi connectivity index (χ4n) is 5.57. The summed E-state index contributed by atoms with van der Waals surface area (Å²) in [6.07, 6.45) is 0. The van der Waals surface area contributed by atoms with Crippen LogP contribution in [-0.4, -0.2) is 0 Å². The molecule has 8 rings (SSSR count). The average Bonchev–Trinajstić information content (AvgIpc) is 3.52. The molecular weight excluding hydrogens is 470 g/mol. The maximum absolute atomic E-state index is 6.39. The molecule has 6 aromatic carbocycles. The number of para-hydroxylation sites is 2. The number of anilines is 3. The second kappa shape index (κ2) is 7.95. The summed E-state index contributed by atoms with van der Waals surface area (Å²) in [7, 11) is 0. The quantitative estimate of drug-likeness (QED) is 0.244. The normalized spacial score (nSPS) is 11.8. The highest BCUT2D eigenvalue weighted by molar-refractivity contribution is 7.25. The molecule has 0 atom stereocenters. The van der Waals surface area contributed by atoms with Gasteiger partial charge in [0.05, 0.1) is 5.69 Å². The Bertz CT molecular complexity index is 2100. The highest BCUT2D eigenvalue weighted by Gasteiger charge is 2.20. The van der Waals surface area contributed by atoms with Gasteiger partial charge in [0.2, 0.25) is 0 Å². The van der Waals surface area contributed by atoms with Crippen molar-refractivity contribution in [1.29, 1.82) is 0 Å². The summed E-state index contributed by atoms with van der Waals surface area (Å²) in [6, 6.07) is 45.4. The van der Waals surface area contributed by atoms with E-state index in [-0.39, 0.29) is 0 Å². The Morgan fingerprint density at radius 1 is 0.459 bits per heavy atom. The molecular formula is C34H21NOS. The van der Waals surface area contributed by atoms with Gasteiger partial charge in [0.25, 0.3) is 0 Å². The van der Waals surface area contributed by atoms with Crippen molar-refractivity contribution < 1.29 is 4.42 Å². The smallest absolute Gasteiger partial charge is 0.143 e. The van der Waals surface area contributed by atoms with Crippen LogP contribution in [0.2, 0.25) is 0 Å². The zero-order chi connectivity index (χ0) is 24.3. The third-order valence-corrected chi connectivity index (χ3v) is 8.39. The van der Waals surface area contributed by atoms with E-state index < -0.39 is 0 Å². The van der Waals surface area contributed by atoms with Gasteiger partial charge in [0.1, 0.15) is 11.2 Å². The Labute approximate surface area is 217 Å². The van der Waals surface area contributed by atoms with E-state index in [1.54, 1.807) is 0 Å². The molecule has 2 heterocycles. The number of furan rings is 1. The summed E-state index contributed by atoms with van der Waals surface area (Å²) in [5.74, 6) is 0. The van der Waals surface area contributed by atoms with Gasteiger partial charge in [-0.2, -0.15) is 0 Å². The first kappa shape index (κ1) is 20.6. The number of rotatable bonds is 3. The molecule has 174 valence electrons. The zero-order valence-corrected chi connectivity index (χ0v) is 20.7. The van der Waals surface area contributed by atoms with Crippen LogP contribution >= 0.6 is 11.3 Å². The van der Waals surface area contributed by atoms with Gasteiger partial charge in [-0.1, -0.05) is 78.9 Å². The van der Waals surface area contributed by atoms with Crippen LogP contribution in [-0.2, 0) is 0 Å². The summed E-state index contributed by atoms with van der Waals surface area (Å²) in [5.41, 5.74) is 5.25. The molecule has 0 bridgehead atoms. The van der Waals surface area contributed by atoms with Crippen LogP contribution in [0.4, 0.5) is 17.1 Å². The van der Waals surface area contributed by atoms with Crippen LogP contribution in [0.5, 0.6) is 0 Å². The Hall–Kier alpha value is -4.60. The standard InChI is InChI=1S/C34H21NOS/c1-2-10-22(11-3-1)35(23-18-19-33-28(20-23)26-14-7-9-17-32(26)37-33)30-21-29-25-13-6-8-16-31(25)36-34(29)27-15-5-4-12-24(27)30/h1-21H. The predicted octanol–water partition coefficient (Wildman–Crippen LogP) is 10.6. The van der Waals surface area contributed by atoms with E-state index in [9.17, 15) is 0 Å². The van der Waals surface area contributed by atoms with Gasteiger partial charge in [-0.15, -0.1) is 11.3 Å². The van der Waals surface area contributed by atoms with Crippen LogP contribution in [0.1, 0.15) is 0 Å². The number of hydrogen-bond donors (Lipinski definition) is 0. The number of hydrogen-bond acceptors (Lipinski definition) is 3. The predicted molar refractivity (Wildman–Crippen MR) is 159 cm³/mol. The van der Waals surface area contributed by atoms with Gasteiger partial charge >= 0.3 is 0 Å². The van der Waals surface area contributed by atoms with Crippen molar-refractivity contribution in [1.82, 2.24) is 0 Å². The fourth-order valence-corrected chi connectivity index (χ4v) is 6.66. The molecule has 0 saturated heterocycles. The van der Waals surface area contributed by atoms with Gasteiger partial charge in [0.15, 0.2) is 0 Å². The molecule has 2 nitrogen and oxygen atoms in total. The first-order valence-corrected chi connectivity index (χ1v) is 13.3. The van der Waals surface area contributed by atoms with Gasteiger partial charge in [-0.05, 0) is 48.5 Å². The van der Waals surface area contributed by atoms with E-state index in [0.717, 1.165) is 49.8 Å². The molecule has 0 aliphatic carbocycles. The SMILES string of the molecule is c1ccc(N(c2ccc3sc4ccccc4c3c2)c2cc3c4ccccc4oc3c3ccccc23)cc1. The first-order chi connectivity index (χ1) is 18.3. The number of fused-ring (bicyclic) bond motifs is 8. The lowest BCUT2D eigenvalue weighted by atomic mass is 10.0. The molecule has 2 aromatic heterocycles. The Morgan fingerprint density at radius 3 is 2.00 bits per heavy atom. The lowest BCUT2D eigenvalue weighted by Gasteiger charge is -2.27. The largest absolute Gasteiger partial charge is 0.455 e. The number of nitrogens with zero attached hydrogens (tertiary/aromatic N) is 1. The third kappa shape index (κ3) is 3.11. The monoisotopic (exact) mass is 491 g/mol. The first-order valence-electron chi connectivity index (χ1n) is 12.4. The van der Waals surface area contributed by atoms with Crippen molar-refractivity contribution >= 4 is 81.3 Å². The van der Waals surface area contributed by atoms with E-state index in [0.29, 0.717) is 0 Å². The molecule has 0 unspecified atom stereocenters. The van der Waals surface area contributed by atoms with Crippen LogP contribution in [0, 0.1) is 0 Å². The molecule has 0 spiro atoms. The van der Waals surface area contributed by atoms with Crippen molar-refractivity contribution in [2.24, 2.45) is 0 Å². The molecule has 0 saturated carbocycles. The molecule has 0 aliphatic rings. The summed E-state index contributed by atoms with van der Waals surface area (Å²) in [6.45, 7) is 0. The van der Waals surface area contributed by atoms with Crippen LogP contribution in [0.15, 0.2) is 132 Å². The Balaban J connectivity index is 1.48. The summed E-state index contributed by atoms with van der Waals surface area (Å²) >= 11 is 1.85. The van der Waals surface area contributed by atoms with Gasteiger partial charge < -0.3 is 9.32 Å². The van der Waals surface area contributed by atoms with Crippen molar-refractivity contribution in [3.8, 4) is 0 Å². The Kier molecular flexibility index (Phi) is 4.42. The van der Waals surface area contributed by atoms with Crippen molar-refractivity contribution in [2.45, 2.75) is 0 Å². The lowest BCUT2D eigenvalue weighted by Crippen LogP contribution is -2.10. The van der Waals surface area contributed by atoms with Crippen molar-refractivity contribution in [3.63, 3.8) is 0 Å². The highest BCUT2D eigenvalue weighted by atomic mass is 32.1. The number of thiophene rings is 1. The minimum atomic E-state index is 0.914. The van der Waals surface area contributed by atoms with E-state index in [2.05, 4.69) is 120 Å². The molecule has 0 radical (unpaired) electrons.